The van der Waals surface area contributed by atoms with Gasteiger partial charge in [0.15, 0.2) is 0 Å². The van der Waals surface area contributed by atoms with Gasteiger partial charge in [0, 0.05) is 18.4 Å². The first-order valence-electron chi connectivity index (χ1n) is 5.57. The molecular weight excluding hydrogens is 321 g/mol. The number of rotatable bonds is 2. The molecule has 1 N–H and O–H groups in total. The van der Waals surface area contributed by atoms with Gasteiger partial charge in [-0.05, 0) is 18.2 Å². The van der Waals surface area contributed by atoms with E-state index in [0.717, 1.165) is 0 Å². The van der Waals surface area contributed by atoms with Crippen LogP contribution >= 0.6 is 27.5 Å². The van der Waals surface area contributed by atoms with Crippen molar-refractivity contribution < 1.29 is 14.6 Å². The summed E-state index contributed by atoms with van der Waals surface area (Å²) in [5.41, 5.74) is 0.326. The summed E-state index contributed by atoms with van der Waals surface area (Å²) in [5, 5.41) is 10.5. The van der Waals surface area contributed by atoms with E-state index in [4.69, 9.17) is 16.3 Å². The number of morpholine rings is 1. The Morgan fingerprint density at radius 2 is 2.39 bits per heavy atom. The number of nitrogens with zero attached hydrogens (tertiary/aromatic N) is 1. The van der Waals surface area contributed by atoms with E-state index in [-0.39, 0.29) is 17.8 Å². The molecule has 1 heterocycles. The van der Waals surface area contributed by atoms with Gasteiger partial charge in [-0.3, -0.25) is 4.79 Å². The molecule has 0 saturated carbocycles. The van der Waals surface area contributed by atoms with Gasteiger partial charge in [-0.2, -0.15) is 0 Å². The van der Waals surface area contributed by atoms with Gasteiger partial charge < -0.3 is 14.7 Å². The van der Waals surface area contributed by atoms with E-state index in [1.807, 2.05) is 0 Å². The van der Waals surface area contributed by atoms with Gasteiger partial charge in [0.25, 0.3) is 5.91 Å². The highest BCUT2D eigenvalue weighted by molar-refractivity contribution is 9.09. The fourth-order valence-corrected chi connectivity index (χ4v) is 2.43. The van der Waals surface area contributed by atoms with Gasteiger partial charge in [0.05, 0.1) is 23.3 Å². The van der Waals surface area contributed by atoms with Crippen molar-refractivity contribution in [2.45, 2.75) is 6.10 Å². The van der Waals surface area contributed by atoms with E-state index in [0.29, 0.717) is 35.6 Å². The molecule has 1 aliphatic heterocycles. The highest BCUT2D eigenvalue weighted by Gasteiger charge is 2.25. The molecule has 1 fully saturated rings. The molecule has 4 nitrogen and oxygen atoms in total. The molecule has 6 heteroatoms. The molecule has 1 aliphatic rings. The summed E-state index contributed by atoms with van der Waals surface area (Å²) in [4.78, 5) is 14.0. The van der Waals surface area contributed by atoms with Gasteiger partial charge in [0.1, 0.15) is 5.75 Å². The van der Waals surface area contributed by atoms with Crippen LogP contribution in [0.2, 0.25) is 5.02 Å². The van der Waals surface area contributed by atoms with E-state index in [1.54, 1.807) is 4.90 Å². The minimum Gasteiger partial charge on any atom is -0.508 e. The van der Waals surface area contributed by atoms with Crippen LogP contribution in [-0.4, -0.2) is 47.0 Å². The van der Waals surface area contributed by atoms with Crippen LogP contribution in [0.25, 0.3) is 0 Å². The van der Waals surface area contributed by atoms with Crippen molar-refractivity contribution >= 4 is 33.4 Å². The minimum atomic E-state index is -0.176. The Morgan fingerprint density at radius 1 is 1.61 bits per heavy atom. The first-order chi connectivity index (χ1) is 8.61. The second-order valence-electron chi connectivity index (χ2n) is 4.06. The third-order valence-corrected chi connectivity index (χ3v) is 3.83. The highest BCUT2D eigenvalue weighted by atomic mass is 79.9. The number of carbonyl (C=O) groups is 1. The fraction of sp³-hybridized carbons (Fsp3) is 0.417. The topological polar surface area (TPSA) is 49.8 Å². The number of hydrogen-bond acceptors (Lipinski definition) is 3. The zero-order valence-electron chi connectivity index (χ0n) is 9.60. The van der Waals surface area contributed by atoms with Gasteiger partial charge >= 0.3 is 0 Å². The highest BCUT2D eigenvalue weighted by Crippen LogP contribution is 2.23. The summed E-state index contributed by atoms with van der Waals surface area (Å²) in [6.45, 7) is 1.57. The summed E-state index contributed by atoms with van der Waals surface area (Å²) < 4.78 is 5.47. The third-order valence-electron chi connectivity index (χ3n) is 2.78. The lowest BCUT2D eigenvalue weighted by Gasteiger charge is -2.32. The number of phenols is 1. The molecule has 98 valence electrons. The number of alkyl halides is 1. The molecule has 0 aliphatic carbocycles. The van der Waals surface area contributed by atoms with Crippen LogP contribution in [0.15, 0.2) is 18.2 Å². The smallest absolute Gasteiger partial charge is 0.255 e. The number of phenolic OH excluding ortho intramolecular Hbond substituents is 1. The SMILES string of the molecule is O=C(c1cc(O)ccc1Cl)N1CCOC(CBr)C1. The number of hydrogen-bond donors (Lipinski definition) is 1. The number of carbonyl (C=O) groups excluding carboxylic acids is 1. The van der Waals surface area contributed by atoms with E-state index in [2.05, 4.69) is 15.9 Å². The molecule has 0 aromatic heterocycles. The quantitative estimate of drug-likeness (QED) is 0.844. The number of amides is 1. The number of ether oxygens (including phenoxy) is 1. The van der Waals surface area contributed by atoms with Crippen LogP contribution < -0.4 is 0 Å². The first-order valence-corrected chi connectivity index (χ1v) is 7.07. The van der Waals surface area contributed by atoms with E-state index in [9.17, 15) is 9.90 Å². The van der Waals surface area contributed by atoms with E-state index >= 15 is 0 Å². The lowest BCUT2D eigenvalue weighted by atomic mass is 10.1. The molecule has 1 aromatic carbocycles. The van der Waals surface area contributed by atoms with Crippen LogP contribution in [0.5, 0.6) is 5.75 Å². The molecule has 1 aromatic rings. The van der Waals surface area contributed by atoms with Gasteiger partial charge in [-0.25, -0.2) is 0 Å². The van der Waals surface area contributed by atoms with Crippen molar-refractivity contribution in [3.63, 3.8) is 0 Å². The Bertz CT molecular complexity index is 455. The molecule has 2 rings (SSSR count). The summed E-state index contributed by atoms with van der Waals surface area (Å²) in [7, 11) is 0. The Balaban J connectivity index is 2.17. The van der Waals surface area contributed by atoms with Crippen molar-refractivity contribution in [1.82, 2.24) is 4.90 Å². The van der Waals surface area contributed by atoms with Crippen molar-refractivity contribution in [2.75, 3.05) is 25.0 Å². The minimum absolute atomic E-state index is 0.00113. The Labute approximate surface area is 119 Å². The maximum Gasteiger partial charge on any atom is 0.255 e. The maximum absolute atomic E-state index is 12.3. The van der Waals surface area contributed by atoms with Crippen molar-refractivity contribution in [1.29, 1.82) is 0 Å². The van der Waals surface area contributed by atoms with Gasteiger partial charge in [0.2, 0.25) is 0 Å². The average Bonchev–Trinajstić information content (AvgIpc) is 2.41. The number of halogens is 2. The van der Waals surface area contributed by atoms with E-state index < -0.39 is 0 Å². The lowest BCUT2D eigenvalue weighted by Crippen LogP contribution is -2.46. The summed E-state index contributed by atoms with van der Waals surface area (Å²) >= 11 is 9.32. The summed E-state index contributed by atoms with van der Waals surface area (Å²) in [5.74, 6) is -0.141. The second kappa shape index (κ2) is 5.91. The molecule has 0 radical (unpaired) electrons. The Morgan fingerprint density at radius 3 is 3.11 bits per heavy atom. The van der Waals surface area contributed by atoms with Crippen LogP contribution in [0.1, 0.15) is 10.4 Å². The largest absolute Gasteiger partial charge is 0.508 e. The molecule has 1 unspecified atom stereocenters. The van der Waals surface area contributed by atoms with Crippen molar-refractivity contribution in [2.24, 2.45) is 0 Å². The fourth-order valence-electron chi connectivity index (χ4n) is 1.84. The molecule has 18 heavy (non-hydrogen) atoms. The second-order valence-corrected chi connectivity index (χ2v) is 5.12. The van der Waals surface area contributed by atoms with Crippen molar-refractivity contribution in [3.8, 4) is 5.75 Å². The Kier molecular flexibility index (Phi) is 4.48. The molecule has 1 saturated heterocycles. The first kappa shape index (κ1) is 13.6. The zero-order chi connectivity index (χ0) is 13.1. The van der Waals surface area contributed by atoms with Crippen LogP contribution in [-0.2, 0) is 4.74 Å². The molecule has 1 atom stereocenters. The van der Waals surface area contributed by atoms with E-state index in [1.165, 1.54) is 18.2 Å². The lowest BCUT2D eigenvalue weighted by molar-refractivity contribution is -0.00965. The average molecular weight is 335 g/mol. The molecule has 0 bridgehead atoms. The molecule has 1 amide bonds. The number of benzene rings is 1. The Hall–Kier alpha value is -0.780. The monoisotopic (exact) mass is 333 g/mol. The van der Waals surface area contributed by atoms with Crippen molar-refractivity contribution in [3.05, 3.63) is 28.8 Å². The maximum atomic E-state index is 12.3. The number of aromatic hydroxyl groups is 1. The van der Waals surface area contributed by atoms with Gasteiger partial charge in [-0.15, -0.1) is 0 Å². The van der Waals surface area contributed by atoms with Crippen LogP contribution in [0, 0.1) is 0 Å². The van der Waals surface area contributed by atoms with Crippen LogP contribution in [0.4, 0.5) is 0 Å². The van der Waals surface area contributed by atoms with Crippen LogP contribution in [0.3, 0.4) is 0 Å². The normalized spacial score (nSPS) is 19.9. The van der Waals surface area contributed by atoms with Gasteiger partial charge in [-0.1, -0.05) is 27.5 Å². The summed E-state index contributed by atoms with van der Waals surface area (Å²) in [6.07, 6.45) is -0.00113. The predicted octanol–water partition coefficient (Wildman–Crippen LogP) is 2.28. The zero-order valence-corrected chi connectivity index (χ0v) is 11.9. The molecular formula is C12H13BrClNO3. The third kappa shape index (κ3) is 2.96. The predicted molar refractivity (Wildman–Crippen MR) is 72.6 cm³/mol. The molecule has 0 spiro atoms. The summed E-state index contributed by atoms with van der Waals surface area (Å²) in [6, 6.07) is 4.37. The standard InChI is InChI=1S/C12H13BrClNO3/c13-6-9-7-15(3-4-18-9)12(17)10-5-8(16)1-2-11(10)14/h1-2,5,9,16H,3-4,6-7H2.